The quantitative estimate of drug-likeness (QED) is 0.0216. The molecule has 1 aliphatic heterocycles. The largest absolute Gasteiger partial charge is 0.372 e. The summed E-state index contributed by atoms with van der Waals surface area (Å²) in [7, 11) is 0. The first-order valence-electron chi connectivity index (χ1n) is 25.9. The monoisotopic (exact) mass is 927 g/mol. The van der Waals surface area contributed by atoms with E-state index in [-0.39, 0.29) is 12.0 Å². The van der Waals surface area contributed by atoms with Crippen LogP contribution < -0.4 is 21.5 Å². The molecule has 0 fully saturated rings. The van der Waals surface area contributed by atoms with E-state index in [1.807, 2.05) is 25.3 Å². The Morgan fingerprint density at radius 1 is 0.826 bits per heavy atom. The van der Waals surface area contributed by atoms with E-state index in [0.29, 0.717) is 6.42 Å². The number of rotatable bonds is 26. The third-order valence-corrected chi connectivity index (χ3v) is 14.0. The summed E-state index contributed by atoms with van der Waals surface area (Å²) >= 11 is 0. The number of aryl methyl sites for hydroxylation is 5. The molecular weight excluding hydrogens is 841 g/mol. The van der Waals surface area contributed by atoms with Gasteiger partial charge in [-0.2, -0.15) is 0 Å². The van der Waals surface area contributed by atoms with E-state index in [1.165, 1.54) is 50.2 Å². The second kappa shape index (κ2) is 25.3. The van der Waals surface area contributed by atoms with E-state index >= 15 is 0 Å². The van der Waals surface area contributed by atoms with Crippen LogP contribution in [0.4, 0.5) is 17.1 Å². The van der Waals surface area contributed by atoms with Gasteiger partial charge in [-0.1, -0.05) is 110 Å². The molecule has 1 heterocycles. The number of hydrogen-bond donors (Lipinski definition) is 2. The maximum absolute atomic E-state index is 6.99. The van der Waals surface area contributed by atoms with E-state index in [9.17, 15) is 0 Å². The van der Waals surface area contributed by atoms with E-state index in [0.717, 1.165) is 122 Å². The molecule has 0 amide bonds. The molecule has 4 aromatic rings. The minimum atomic E-state index is -0.676. The lowest BCUT2D eigenvalue weighted by Crippen LogP contribution is -2.38. The van der Waals surface area contributed by atoms with Crippen molar-refractivity contribution in [2.45, 2.75) is 151 Å². The first-order chi connectivity index (χ1) is 33.0. The van der Waals surface area contributed by atoms with Gasteiger partial charge < -0.3 is 15.5 Å². The Balaban J connectivity index is 1.23. The molecule has 0 aromatic heterocycles. The highest BCUT2D eigenvalue weighted by atomic mass is 15.4. The molecule has 6 nitrogen and oxygen atoms in total. The van der Waals surface area contributed by atoms with Crippen LogP contribution in [-0.4, -0.2) is 35.8 Å². The summed E-state index contributed by atoms with van der Waals surface area (Å²) < 4.78 is 0. The summed E-state index contributed by atoms with van der Waals surface area (Å²) in [5.74, 6) is 6.62. The van der Waals surface area contributed by atoms with E-state index < -0.39 is 5.54 Å². The van der Waals surface area contributed by atoms with Crippen molar-refractivity contribution in [2.24, 2.45) is 22.5 Å². The van der Waals surface area contributed by atoms with Crippen LogP contribution in [0.3, 0.4) is 0 Å². The molecule has 0 aliphatic carbocycles. The Bertz CT molecular complexity index is 2490. The summed E-state index contributed by atoms with van der Waals surface area (Å²) in [5.41, 5.74) is 26.5. The Morgan fingerprint density at radius 3 is 1.94 bits per heavy atom. The van der Waals surface area contributed by atoms with Crippen LogP contribution >= 0.6 is 0 Å². The molecule has 5 rings (SSSR count). The van der Waals surface area contributed by atoms with Crippen molar-refractivity contribution in [1.82, 2.24) is 4.90 Å². The average Bonchev–Trinajstić information content (AvgIpc) is 3.79. The van der Waals surface area contributed by atoms with Crippen molar-refractivity contribution >= 4 is 45.7 Å². The molecule has 368 valence electrons. The molecule has 0 spiro atoms. The Labute approximate surface area is 419 Å². The van der Waals surface area contributed by atoms with Crippen LogP contribution in [0.5, 0.6) is 0 Å². The zero-order chi connectivity index (χ0) is 50.4. The molecule has 1 aliphatic rings. The fourth-order valence-electron chi connectivity index (χ4n) is 9.75. The van der Waals surface area contributed by atoms with Gasteiger partial charge in [0, 0.05) is 53.7 Å². The lowest BCUT2D eigenvalue weighted by Gasteiger charge is -2.27. The fraction of sp³-hybridized carbons (Fsp3) is 0.413. The number of benzene rings is 4. The summed E-state index contributed by atoms with van der Waals surface area (Å²) in [4.78, 5) is 9.94. The van der Waals surface area contributed by atoms with Crippen molar-refractivity contribution in [2.75, 3.05) is 23.0 Å². The fourth-order valence-corrected chi connectivity index (χ4v) is 9.75. The van der Waals surface area contributed by atoms with E-state index in [1.54, 1.807) is 5.01 Å². The summed E-state index contributed by atoms with van der Waals surface area (Å²) in [5, 5.41) is 1.66. The van der Waals surface area contributed by atoms with E-state index in [2.05, 4.69) is 171 Å². The lowest BCUT2D eigenvalue weighted by atomic mass is 9.90. The van der Waals surface area contributed by atoms with Crippen molar-refractivity contribution in [3.05, 3.63) is 173 Å². The second-order valence-electron chi connectivity index (χ2n) is 20.0. The molecule has 4 aromatic carbocycles. The number of nitrogens with two attached hydrogens (primary N) is 2. The first kappa shape index (κ1) is 54.3. The number of allylic oxidation sites excluding steroid dienone is 3. The van der Waals surface area contributed by atoms with Crippen LogP contribution in [0.15, 0.2) is 128 Å². The van der Waals surface area contributed by atoms with Gasteiger partial charge in [-0.15, -0.1) is 6.58 Å². The number of unbranched alkanes of at least 4 members (excludes halogenated alkanes) is 2. The number of nitrogens with zero attached hydrogens (tertiary/aromatic N) is 4. The van der Waals surface area contributed by atoms with Gasteiger partial charge in [0.1, 0.15) is 0 Å². The van der Waals surface area contributed by atoms with Gasteiger partial charge in [0.15, 0.2) is 0 Å². The van der Waals surface area contributed by atoms with Gasteiger partial charge in [0.05, 0.1) is 23.0 Å². The van der Waals surface area contributed by atoms with Crippen LogP contribution in [0.2, 0.25) is 0 Å². The smallest absolute Gasteiger partial charge is 0.0704 e. The van der Waals surface area contributed by atoms with Crippen molar-refractivity contribution in [1.29, 1.82) is 0 Å². The molecular formula is C63H86N6. The molecule has 6 heteroatoms. The summed E-state index contributed by atoms with van der Waals surface area (Å²) in [6, 6.07) is 27.1. The van der Waals surface area contributed by atoms with Gasteiger partial charge in [-0.3, -0.25) is 10.0 Å². The number of hydrogen-bond acceptors (Lipinski definition) is 6. The van der Waals surface area contributed by atoms with E-state index in [4.69, 9.17) is 23.1 Å². The SMILES string of the molecule is C=CC1CC(c2ccc(N(CCC)CCC)cc2)=CN1C(=C)c1cc(CC)c(CCCCCc2cc(/N=C\[C@](C)(N)C/C(=C\C)c3ccc(N(N)C(=C)C(C)C)cc3)c(C(=C)C)cc2CC)cc1C. The minimum absolute atomic E-state index is 0.175. The van der Waals surface area contributed by atoms with Crippen LogP contribution in [0, 0.1) is 12.8 Å². The van der Waals surface area contributed by atoms with Gasteiger partial charge in [-0.05, 0) is 196 Å². The van der Waals surface area contributed by atoms with Gasteiger partial charge in [-0.25, -0.2) is 5.84 Å². The zero-order valence-electron chi connectivity index (χ0n) is 44.4. The standard InChI is InChI=1S/C63H86N6/c1-15-34-67(35-16-2)58-30-26-53(27-31-58)56-37-57(20-6)68(42-56)48(13)61-39-50(18-4)54(36-46(61)11)24-22-21-23-25-55-40-62(60(45(9)10)38-49(55)17-3)66-43-63(14,64)41-51(19-5)52-28-32-59(33-29-52)69(65)47(12)44(7)8/h19-20,26-33,36,38-40,42-44,57H,6,9,12-13,15-18,21-25,34-35,37,41,64-65H2,1-5,7-8,10-11,14H3/b51-19+,66-43-/t57?,63-/m1/s1. The topological polar surface area (TPSA) is 74.1 Å². The van der Waals surface area contributed by atoms with Crippen molar-refractivity contribution < 1.29 is 0 Å². The average molecular weight is 927 g/mol. The molecule has 0 bridgehead atoms. The number of anilines is 2. The number of aliphatic imine (C=N–C) groups is 1. The highest BCUT2D eigenvalue weighted by Crippen LogP contribution is 2.38. The summed E-state index contributed by atoms with van der Waals surface area (Å²) in [6.45, 7) is 41.2. The first-order valence-corrected chi connectivity index (χ1v) is 25.9. The normalized spacial score (nSPS) is 14.9. The minimum Gasteiger partial charge on any atom is -0.372 e. The maximum Gasteiger partial charge on any atom is 0.0704 e. The molecule has 2 atom stereocenters. The highest BCUT2D eigenvalue weighted by molar-refractivity contribution is 5.82. The molecule has 4 N–H and O–H groups in total. The second-order valence-corrected chi connectivity index (χ2v) is 20.0. The predicted molar refractivity (Wildman–Crippen MR) is 305 cm³/mol. The van der Waals surface area contributed by atoms with Gasteiger partial charge >= 0.3 is 0 Å². The molecule has 0 radical (unpaired) electrons. The zero-order valence-corrected chi connectivity index (χ0v) is 44.4. The maximum atomic E-state index is 6.99. The molecule has 1 unspecified atom stereocenters. The van der Waals surface area contributed by atoms with Crippen molar-refractivity contribution in [3.8, 4) is 0 Å². The summed E-state index contributed by atoms with van der Waals surface area (Å²) in [6.07, 6.45) is 19.8. The Kier molecular flexibility index (Phi) is 19.9. The third kappa shape index (κ3) is 14.0. The molecule has 0 saturated carbocycles. The Hall–Kier alpha value is -5.69. The lowest BCUT2D eigenvalue weighted by molar-refractivity contribution is 0.484. The number of hydrazine groups is 1. The van der Waals surface area contributed by atoms with Crippen LogP contribution in [-0.2, 0) is 25.7 Å². The van der Waals surface area contributed by atoms with Gasteiger partial charge in [0.2, 0.25) is 0 Å². The van der Waals surface area contributed by atoms with Crippen molar-refractivity contribution in [3.63, 3.8) is 0 Å². The van der Waals surface area contributed by atoms with Crippen LogP contribution in [0.25, 0.3) is 22.4 Å². The molecule has 0 saturated heterocycles. The van der Waals surface area contributed by atoms with Crippen LogP contribution in [0.1, 0.15) is 157 Å². The Morgan fingerprint density at radius 2 is 1.41 bits per heavy atom. The third-order valence-electron chi connectivity index (χ3n) is 14.0. The molecule has 69 heavy (non-hydrogen) atoms. The predicted octanol–water partition coefficient (Wildman–Crippen LogP) is 15.8. The highest BCUT2D eigenvalue weighted by Gasteiger charge is 2.27. The van der Waals surface area contributed by atoms with Gasteiger partial charge in [0.25, 0.3) is 0 Å².